The summed E-state index contributed by atoms with van der Waals surface area (Å²) in [6.45, 7) is 10.4. The number of hydrogen-bond donors (Lipinski definition) is 1. The third-order valence-corrected chi connectivity index (χ3v) is 3.82. The molecule has 0 saturated carbocycles. The molecule has 0 fully saturated rings. The average molecular weight is 305 g/mol. The van der Waals surface area contributed by atoms with Crippen molar-refractivity contribution in [3.63, 3.8) is 0 Å². The Balaban J connectivity index is 3.24. The highest BCUT2D eigenvalue weighted by Gasteiger charge is 2.18. The molecular formula is C17H27N3O2. The molecule has 1 aromatic carbocycles. The Morgan fingerprint density at radius 2 is 1.18 bits per heavy atom. The van der Waals surface area contributed by atoms with Crippen LogP contribution in [0, 0.1) is 0 Å². The summed E-state index contributed by atoms with van der Waals surface area (Å²) in [7, 11) is 1.78. The van der Waals surface area contributed by atoms with E-state index in [4.69, 9.17) is 0 Å². The van der Waals surface area contributed by atoms with E-state index in [1.54, 1.807) is 35.0 Å². The molecule has 5 heteroatoms. The van der Waals surface area contributed by atoms with Gasteiger partial charge in [-0.05, 0) is 45.9 Å². The topological polar surface area (TPSA) is 52.7 Å². The summed E-state index contributed by atoms with van der Waals surface area (Å²) < 4.78 is 0. The maximum Gasteiger partial charge on any atom is 0.253 e. The second-order valence-corrected chi connectivity index (χ2v) is 5.00. The molecule has 22 heavy (non-hydrogen) atoms. The summed E-state index contributed by atoms with van der Waals surface area (Å²) in [5, 5.41) is 3.03. The van der Waals surface area contributed by atoms with E-state index in [-0.39, 0.29) is 11.8 Å². The van der Waals surface area contributed by atoms with E-state index < -0.39 is 0 Å². The van der Waals surface area contributed by atoms with Gasteiger partial charge in [-0.1, -0.05) is 0 Å². The standard InChI is InChI=1S/C17H27N3O2/c1-6-19(7-2)16(21)13-10-14(12-15(11-13)18-5)17(22)20(8-3)9-4/h10-12,18H,6-9H2,1-5H3. The number of hydrogen-bond acceptors (Lipinski definition) is 3. The number of carbonyl (C=O) groups excluding carboxylic acids is 2. The molecule has 1 aromatic rings. The normalized spacial score (nSPS) is 10.2. The molecule has 2 amide bonds. The Hall–Kier alpha value is -2.04. The van der Waals surface area contributed by atoms with Crippen LogP contribution in [0.4, 0.5) is 5.69 Å². The molecule has 0 radical (unpaired) electrons. The molecule has 0 atom stereocenters. The van der Waals surface area contributed by atoms with Crippen LogP contribution in [0.3, 0.4) is 0 Å². The van der Waals surface area contributed by atoms with E-state index in [2.05, 4.69) is 5.32 Å². The highest BCUT2D eigenvalue weighted by molar-refractivity contribution is 6.01. The molecule has 0 unspecified atom stereocenters. The zero-order valence-corrected chi connectivity index (χ0v) is 14.3. The van der Waals surface area contributed by atoms with Crippen LogP contribution in [-0.2, 0) is 0 Å². The smallest absolute Gasteiger partial charge is 0.253 e. The van der Waals surface area contributed by atoms with Crippen LogP contribution in [0.1, 0.15) is 48.4 Å². The minimum Gasteiger partial charge on any atom is -0.388 e. The third kappa shape index (κ3) is 4.00. The third-order valence-electron chi connectivity index (χ3n) is 3.82. The number of amides is 2. The van der Waals surface area contributed by atoms with E-state index in [1.165, 1.54) is 0 Å². The van der Waals surface area contributed by atoms with Crippen molar-refractivity contribution in [3.8, 4) is 0 Å². The summed E-state index contributed by atoms with van der Waals surface area (Å²) >= 11 is 0. The summed E-state index contributed by atoms with van der Waals surface area (Å²) in [6.07, 6.45) is 0. The molecule has 0 spiro atoms. The Morgan fingerprint density at radius 3 is 1.45 bits per heavy atom. The summed E-state index contributed by atoms with van der Waals surface area (Å²) in [6, 6.07) is 5.28. The minimum atomic E-state index is -0.0457. The summed E-state index contributed by atoms with van der Waals surface area (Å²) in [4.78, 5) is 28.6. The van der Waals surface area contributed by atoms with Gasteiger partial charge in [-0.3, -0.25) is 9.59 Å². The molecule has 0 bridgehead atoms. The van der Waals surface area contributed by atoms with Crippen molar-refractivity contribution in [1.82, 2.24) is 9.80 Å². The summed E-state index contributed by atoms with van der Waals surface area (Å²) in [5.74, 6) is -0.0913. The highest BCUT2D eigenvalue weighted by Crippen LogP contribution is 2.18. The van der Waals surface area contributed by atoms with E-state index in [0.717, 1.165) is 5.69 Å². The van der Waals surface area contributed by atoms with Crippen molar-refractivity contribution >= 4 is 17.5 Å². The van der Waals surface area contributed by atoms with Crippen molar-refractivity contribution in [2.24, 2.45) is 0 Å². The zero-order chi connectivity index (χ0) is 16.7. The van der Waals surface area contributed by atoms with Gasteiger partial charge < -0.3 is 15.1 Å². The van der Waals surface area contributed by atoms with Gasteiger partial charge in [-0.15, -0.1) is 0 Å². The van der Waals surface area contributed by atoms with Gasteiger partial charge in [0.2, 0.25) is 0 Å². The quantitative estimate of drug-likeness (QED) is 0.842. The van der Waals surface area contributed by atoms with Gasteiger partial charge in [0.25, 0.3) is 11.8 Å². The SMILES string of the molecule is CCN(CC)C(=O)c1cc(NC)cc(C(=O)N(CC)CC)c1. The van der Waals surface area contributed by atoms with E-state index >= 15 is 0 Å². The number of anilines is 1. The van der Waals surface area contributed by atoms with Crippen molar-refractivity contribution in [1.29, 1.82) is 0 Å². The van der Waals surface area contributed by atoms with Gasteiger partial charge in [-0.2, -0.15) is 0 Å². The van der Waals surface area contributed by atoms with E-state index in [1.807, 2.05) is 27.7 Å². The molecule has 122 valence electrons. The fourth-order valence-corrected chi connectivity index (χ4v) is 2.41. The van der Waals surface area contributed by atoms with Crippen molar-refractivity contribution in [3.05, 3.63) is 29.3 Å². The van der Waals surface area contributed by atoms with Crippen molar-refractivity contribution < 1.29 is 9.59 Å². The first kappa shape index (κ1) is 18.0. The van der Waals surface area contributed by atoms with Crippen LogP contribution >= 0.6 is 0 Å². The number of nitrogens with one attached hydrogen (secondary N) is 1. The van der Waals surface area contributed by atoms with Crippen LogP contribution in [0.15, 0.2) is 18.2 Å². The molecule has 0 aromatic heterocycles. The monoisotopic (exact) mass is 305 g/mol. The largest absolute Gasteiger partial charge is 0.388 e. The zero-order valence-electron chi connectivity index (χ0n) is 14.3. The average Bonchev–Trinajstić information content (AvgIpc) is 2.56. The second-order valence-electron chi connectivity index (χ2n) is 5.00. The van der Waals surface area contributed by atoms with Crippen molar-refractivity contribution in [2.45, 2.75) is 27.7 Å². The van der Waals surface area contributed by atoms with Crippen LogP contribution in [-0.4, -0.2) is 54.8 Å². The minimum absolute atomic E-state index is 0.0457. The van der Waals surface area contributed by atoms with Crippen LogP contribution in [0.25, 0.3) is 0 Å². The lowest BCUT2D eigenvalue weighted by Gasteiger charge is -2.21. The van der Waals surface area contributed by atoms with Crippen molar-refractivity contribution in [2.75, 3.05) is 38.5 Å². The maximum atomic E-state index is 12.5. The van der Waals surface area contributed by atoms with Crippen LogP contribution in [0.5, 0.6) is 0 Å². The first-order valence-corrected chi connectivity index (χ1v) is 7.93. The Kier molecular flexibility index (Phi) is 6.89. The lowest BCUT2D eigenvalue weighted by atomic mass is 10.1. The molecule has 5 nitrogen and oxygen atoms in total. The number of carbonyl (C=O) groups is 2. The van der Waals surface area contributed by atoms with E-state index in [0.29, 0.717) is 37.3 Å². The molecule has 0 saturated heterocycles. The fraction of sp³-hybridized carbons (Fsp3) is 0.529. The van der Waals surface area contributed by atoms with Gasteiger partial charge >= 0.3 is 0 Å². The van der Waals surface area contributed by atoms with Gasteiger partial charge in [-0.25, -0.2) is 0 Å². The Morgan fingerprint density at radius 1 is 0.818 bits per heavy atom. The van der Waals surface area contributed by atoms with Crippen LogP contribution in [0.2, 0.25) is 0 Å². The molecule has 0 aliphatic carbocycles. The first-order chi connectivity index (χ1) is 10.5. The highest BCUT2D eigenvalue weighted by atomic mass is 16.2. The predicted octanol–water partition coefficient (Wildman–Crippen LogP) is 2.69. The Labute approximate surface area is 133 Å². The lowest BCUT2D eigenvalue weighted by Crippen LogP contribution is -2.32. The second kappa shape index (κ2) is 8.41. The predicted molar refractivity (Wildman–Crippen MR) is 90.5 cm³/mol. The molecule has 0 aliphatic heterocycles. The summed E-state index contributed by atoms with van der Waals surface area (Å²) in [5.41, 5.74) is 1.87. The lowest BCUT2D eigenvalue weighted by molar-refractivity contribution is 0.0772. The molecule has 1 rings (SSSR count). The van der Waals surface area contributed by atoms with Gasteiger partial charge in [0.1, 0.15) is 0 Å². The van der Waals surface area contributed by atoms with Gasteiger partial charge in [0.15, 0.2) is 0 Å². The number of benzene rings is 1. The molecule has 0 aliphatic rings. The Bertz CT molecular complexity index is 478. The molecule has 0 heterocycles. The van der Waals surface area contributed by atoms with Gasteiger partial charge in [0, 0.05) is 50.0 Å². The van der Waals surface area contributed by atoms with Crippen LogP contribution < -0.4 is 5.32 Å². The van der Waals surface area contributed by atoms with Gasteiger partial charge in [0.05, 0.1) is 0 Å². The molecular weight excluding hydrogens is 278 g/mol. The first-order valence-electron chi connectivity index (χ1n) is 7.93. The molecule has 1 N–H and O–H groups in total. The number of rotatable bonds is 7. The maximum absolute atomic E-state index is 12.5. The van der Waals surface area contributed by atoms with E-state index in [9.17, 15) is 9.59 Å². The fourth-order valence-electron chi connectivity index (χ4n) is 2.41. The number of nitrogens with zero attached hydrogens (tertiary/aromatic N) is 2.